The molecule has 1 aromatic heterocycles. The van der Waals surface area contributed by atoms with Gasteiger partial charge in [0, 0.05) is 23.8 Å². The highest BCUT2D eigenvalue weighted by Gasteiger charge is 2.10. The van der Waals surface area contributed by atoms with E-state index in [1.165, 1.54) is 11.1 Å². The van der Waals surface area contributed by atoms with Gasteiger partial charge < -0.3 is 10.4 Å². The van der Waals surface area contributed by atoms with E-state index in [-0.39, 0.29) is 0 Å². The van der Waals surface area contributed by atoms with Crippen molar-refractivity contribution < 1.29 is 5.11 Å². The van der Waals surface area contributed by atoms with Crippen molar-refractivity contribution in [3.8, 4) is 5.75 Å². The molecule has 0 aliphatic heterocycles. The molecular formula is C15H21N3O. The SMILES string of the molecule is CC(CCc1ccc(O)cc1)NC(C)c1cn[nH]c1. The molecule has 0 aliphatic rings. The van der Waals surface area contributed by atoms with Gasteiger partial charge in [0.1, 0.15) is 5.75 Å². The number of H-pyrrole nitrogens is 1. The third-order valence-electron chi connectivity index (χ3n) is 3.36. The number of hydrogen-bond acceptors (Lipinski definition) is 3. The predicted molar refractivity (Wildman–Crippen MR) is 76.0 cm³/mol. The molecule has 0 radical (unpaired) electrons. The molecule has 2 rings (SSSR count). The zero-order valence-electron chi connectivity index (χ0n) is 11.4. The summed E-state index contributed by atoms with van der Waals surface area (Å²) in [5, 5.41) is 19.6. The van der Waals surface area contributed by atoms with E-state index in [1.807, 2.05) is 24.5 Å². The van der Waals surface area contributed by atoms with E-state index in [0.717, 1.165) is 12.8 Å². The van der Waals surface area contributed by atoms with E-state index in [9.17, 15) is 5.11 Å². The van der Waals surface area contributed by atoms with Gasteiger partial charge in [-0.15, -0.1) is 0 Å². The first-order valence-corrected chi connectivity index (χ1v) is 6.68. The van der Waals surface area contributed by atoms with Crippen molar-refractivity contribution in [2.24, 2.45) is 0 Å². The van der Waals surface area contributed by atoms with Crippen LogP contribution in [-0.4, -0.2) is 21.3 Å². The fraction of sp³-hybridized carbons (Fsp3) is 0.400. The molecule has 0 saturated heterocycles. The lowest BCUT2D eigenvalue weighted by Gasteiger charge is -2.19. The van der Waals surface area contributed by atoms with Gasteiger partial charge in [-0.2, -0.15) is 5.10 Å². The van der Waals surface area contributed by atoms with Crippen LogP contribution in [0.5, 0.6) is 5.75 Å². The Morgan fingerprint density at radius 2 is 2.00 bits per heavy atom. The van der Waals surface area contributed by atoms with Gasteiger partial charge in [0.15, 0.2) is 0 Å². The average molecular weight is 259 g/mol. The summed E-state index contributed by atoms with van der Waals surface area (Å²) in [5.74, 6) is 0.323. The minimum Gasteiger partial charge on any atom is -0.508 e. The number of aromatic amines is 1. The normalized spacial score (nSPS) is 14.2. The van der Waals surface area contributed by atoms with Gasteiger partial charge in [0.2, 0.25) is 0 Å². The summed E-state index contributed by atoms with van der Waals surface area (Å²) in [6.45, 7) is 4.33. The van der Waals surface area contributed by atoms with Gasteiger partial charge in [-0.25, -0.2) is 0 Å². The lowest BCUT2D eigenvalue weighted by Crippen LogP contribution is -2.29. The Morgan fingerprint density at radius 3 is 2.63 bits per heavy atom. The van der Waals surface area contributed by atoms with Crippen LogP contribution in [0, 0.1) is 0 Å². The second kappa shape index (κ2) is 6.38. The molecule has 1 aromatic carbocycles. The topological polar surface area (TPSA) is 60.9 Å². The van der Waals surface area contributed by atoms with Crippen LogP contribution in [0.3, 0.4) is 0 Å². The number of aromatic nitrogens is 2. The molecule has 2 unspecified atom stereocenters. The molecule has 0 fully saturated rings. The Hall–Kier alpha value is -1.81. The van der Waals surface area contributed by atoms with Gasteiger partial charge in [-0.3, -0.25) is 5.10 Å². The van der Waals surface area contributed by atoms with E-state index in [4.69, 9.17) is 0 Å². The Kier molecular flexibility index (Phi) is 4.58. The summed E-state index contributed by atoms with van der Waals surface area (Å²) < 4.78 is 0. The van der Waals surface area contributed by atoms with Crippen LogP contribution in [0.4, 0.5) is 0 Å². The number of aryl methyl sites for hydroxylation is 1. The number of aromatic hydroxyl groups is 1. The summed E-state index contributed by atoms with van der Waals surface area (Å²) in [6, 6.07) is 8.15. The van der Waals surface area contributed by atoms with Gasteiger partial charge in [0.05, 0.1) is 6.20 Å². The summed E-state index contributed by atoms with van der Waals surface area (Å²) in [7, 11) is 0. The van der Waals surface area contributed by atoms with Gasteiger partial charge in [0.25, 0.3) is 0 Å². The van der Waals surface area contributed by atoms with Crippen LogP contribution in [0.1, 0.15) is 37.4 Å². The quantitative estimate of drug-likeness (QED) is 0.747. The Labute approximate surface area is 113 Å². The van der Waals surface area contributed by atoms with Crippen molar-refractivity contribution in [3.05, 3.63) is 47.8 Å². The van der Waals surface area contributed by atoms with Crippen LogP contribution >= 0.6 is 0 Å². The molecule has 2 aromatic rings. The number of nitrogens with zero attached hydrogens (tertiary/aromatic N) is 1. The number of phenols is 1. The van der Waals surface area contributed by atoms with Gasteiger partial charge in [-0.1, -0.05) is 12.1 Å². The Balaban J connectivity index is 1.78. The fourth-order valence-corrected chi connectivity index (χ4v) is 2.15. The molecule has 19 heavy (non-hydrogen) atoms. The van der Waals surface area contributed by atoms with Crippen molar-refractivity contribution in [1.82, 2.24) is 15.5 Å². The summed E-state index contributed by atoms with van der Waals surface area (Å²) in [5.41, 5.74) is 2.43. The number of phenolic OH excluding ortho intramolecular Hbond substituents is 1. The van der Waals surface area contributed by atoms with E-state index < -0.39 is 0 Å². The highest BCUT2D eigenvalue weighted by molar-refractivity contribution is 5.25. The summed E-state index contributed by atoms with van der Waals surface area (Å²) in [4.78, 5) is 0. The number of hydrogen-bond donors (Lipinski definition) is 3. The third-order valence-corrected chi connectivity index (χ3v) is 3.36. The maximum absolute atomic E-state index is 9.24. The van der Waals surface area contributed by atoms with Crippen molar-refractivity contribution in [2.75, 3.05) is 0 Å². The van der Waals surface area contributed by atoms with Crippen molar-refractivity contribution >= 4 is 0 Å². The molecule has 0 spiro atoms. The summed E-state index contributed by atoms with van der Waals surface area (Å²) >= 11 is 0. The first-order valence-electron chi connectivity index (χ1n) is 6.68. The molecule has 3 N–H and O–H groups in total. The molecule has 102 valence electrons. The average Bonchev–Trinajstić information content (AvgIpc) is 2.92. The van der Waals surface area contributed by atoms with E-state index in [0.29, 0.717) is 17.8 Å². The maximum atomic E-state index is 9.24. The molecule has 0 saturated carbocycles. The Bertz CT molecular complexity index is 479. The van der Waals surface area contributed by atoms with Crippen molar-refractivity contribution in [3.63, 3.8) is 0 Å². The maximum Gasteiger partial charge on any atom is 0.115 e. The second-order valence-electron chi connectivity index (χ2n) is 5.03. The van der Waals surface area contributed by atoms with E-state index in [2.05, 4.69) is 29.4 Å². The van der Waals surface area contributed by atoms with Crippen LogP contribution in [0.2, 0.25) is 0 Å². The van der Waals surface area contributed by atoms with E-state index >= 15 is 0 Å². The van der Waals surface area contributed by atoms with Crippen LogP contribution in [0.15, 0.2) is 36.7 Å². The highest BCUT2D eigenvalue weighted by atomic mass is 16.3. The van der Waals surface area contributed by atoms with Crippen molar-refractivity contribution in [2.45, 2.75) is 38.8 Å². The molecule has 0 amide bonds. The first kappa shape index (κ1) is 13.6. The monoisotopic (exact) mass is 259 g/mol. The minimum absolute atomic E-state index is 0.300. The number of nitrogens with one attached hydrogen (secondary N) is 2. The molecule has 4 nitrogen and oxygen atoms in total. The van der Waals surface area contributed by atoms with Gasteiger partial charge in [-0.05, 0) is 44.4 Å². The second-order valence-corrected chi connectivity index (χ2v) is 5.03. The zero-order valence-corrected chi connectivity index (χ0v) is 11.4. The number of benzene rings is 1. The molecule has 1 heterocycles. The lowest BCUT2D eigenvalue weighted by atomic mass is 10.0. The zero-order chi connectivity index (χ0) is 13.7. The van der Waals surface area contributed by atoms with Crippen LogP contribution in [0.25, 0.3) is 0 Å². The van der Waals surface area contributed by atoms with E-state index in [1.54, 1.807) is 12.1 Å². The third kappa shape index (κ3) is 4.10. The van der Waals surface area contributed by atoms with Crippen molar-refractivity contribution in [1.29, 1.82) is 0 Å². The molecule has 0 aliphatic carbocycles. The number of rotatable bonds is 6. The lowest BCUT2D eigenvalue weighted by molar-refractivity contribution is 0.456. The summed E-state index contributed by atoms with van der Waals surface area (Å²) in [6.07, 6.45) is 5.84. The minimum atomic E-state index is 0.300. The standard InChI is InChI=1S/C15H21N3O/c1-11(18-12(2)14-9-16-17-10-14)3-4-13-5-7-15(19)8-6-13/h5-12,18-19H,3-4H2,1-2H3,(H,16,17). The highest BCUT2D eigenvalue weighted by Crippen LogP contribution is 2.14. The fourth-order valence-electron chi connectivity index (χ4n) is 2.15. The van der Waals surface area contributed by atoms with Crippen LogP contribution in [-0.2, 0) is 6.42 Å². The first-order chi connectivity index (χ1) is 9.15. The predicted octanol–water partition coefficient (Wildman–Crippen LogP) is 2.79. The Morgan fingerprint density at radius 1 is 1.26 bits per heavy atom. The largest absolute Gasteiger partial charge is 0.508 e. The van der Waals surface area contributed by atoms with Crippen LogP contribution < -0.4 is 5.32 Å². The molecular weight excluding hydrogens is 238 g/mol. The molecule has 2 atom stereocenters. The smallest absolute Gasteiger partial charge is 0.115 e. The molecule has 0 bridgehead atoms. The van der Waals surface area contributed by atoms with Gasteiger partial charge >= 0.3 is 0 Å². The molecule has 4 heteroatoms.